The molecular formula is C18H26N2O5. The van der Waals surface area contributed by atoms with Crippen molar-refractivity contribution < 1.29 is 24.2 Å². The van der Waals surface area contributed by atoms with Crippen LogP contribution in [-0.2, 0) is 14.3 Å². The van der Waals surface area contributed by atoms with Crippen LogP contribution in [0.25, 0.3) is 0 Å². The molecule has 2 N–H and O–H groups in total. The van der Waals surface area contributed by atoms with Gasteiger partial charge in [-0.1, -0.05) is 0 Å². The molecule has 1 saturated carbocycles. The first-order chi connectivity index (χ1) is 11.6. The summed E-state index contributed by atoms with van der Waals surface area (Å²) in [5.74, 6) is -1.12. The summed E-state index contributed by atoms with van der Waals surface area (Å²) in [4.78, 5) is 38.0. The number of aliphatic carboxylic acids is 1. The molecule has 4 aliphatic rings. The first-order valence-corrected chi connectivity index (χ1v) is 8.88. The van der Waals surface area contributed by atoms with Crippen molar-refractivity contribution in [2.75, 3.05) is 6.54 Å². The van der Waals surface area contributed by atoms with Crippen LogP contribution >= 0.6 is 0 Å². The molecule has 2 aliphatic heterocycles. The Morgan fingerprint density at radius 2 is 1.84 bits per heavy atom. The molecule has 2 saturated heterocycles. The van der Waals surface area contributed by atoms with Crippen molar-refractivity contribution in [1.29, 1.82) is 0 Å². The van der Waals surface area contributed by atoms with Gasteiger partial charge in [0.25, 0.3) is 0 Å². The number of carboxylic acid groups (broad SMARTS) is 1. The van der Waals surface area contributed by atoms with Gasteiger partial charge in [-0.3, -0.25) is 4.79 Å². The van der Waals surface area contributed by atoms with Gasteiger partial charge < -0.3 is 20.1 Å². The second kappa shape index (κ2) is 6.04. The lowest BCUT2D eigenvalue weighted by Gasteiger charge is -2.36. The van der Waals surface area contributed by atoms with E-state index in [0.717, 1.165) is 12.8 Å². The van der Waals surface area contributed by atoms with Gasteiger partial charge in [-0.15, -0.1) is 0 Å². The number of amides is 2. The first-order valence-electron chi connectivity index (χ1n) is 8.88. The lowest BCUT2D eigenvalue weighted by atomic mass is 9.69. The van der Waals surface area contributed by atoms with E-state index in [9.17, 15) is 19.5 Å². The molecule has 2 aliphatic carbocycles. The number of carboxylic acids is 1. The molecule has 2 heterocycles. The van der Waals surface area contributed by atoms with Crippen LogP contribution in [0.3, 0.4) is 0 Å². The van der Waals surface area contributed by atoms with Gasteiger partial charge in [0, 0.05) is 18.3 Å². The van der Waals surface area contributed by atoms with E-state index >= 15 is 0 Å². The Morgan fingerprint density at radius 1 is 1.20 bits per heavy atom. The fourth-order valence-corrected chi connectivity index (χ4v) is 3.99. The molecule has 138 valence electrons. The minimum Gasteiger partial charge on any atom is -0.478 e. The van der Waals surface area contributed by atoms with Crippen molar-refractivity contribution in [3.63, 3.8) is 0 Å². The molecule has 7 heteroatoms. The van der Waals surface area contributed by atoms with E-state index in [1.807, 2.05) is 20.8 Å². The number of hydrogen-bond donors (Lipinski definition) is 2. The third-order valence-corrected chi connectivity index (χ3v) is 5.27. The molecule has 25 heavy (non-hydrogen) atoms. The highest BCUT2D eigenvalue weighted by Crippen LogP contribution is 2.52. The summed E-state index contributed by atoms with van der Waals surface area (Å²) in [5.41, 5.74) is -0.315. The lowest BCUT2D eigenvalue weighted by molar-refractivity contribution is -0.133. The largest absolute Gasteiger partial charge is 0.478 e. The monoisotopic (exact) mass is 350 g/mol. The summed E-state index contributed by atoms with van der Waals surface area (Å²) in [7, 11) is 0. The highest BCUT2D eigenvalue weighted by molar-refractivity contribution is 5.92. The van der Waals surface area contributed by atoms with Gasteiger partial charge >= 0.3 is 12.1 Å². The third-order valence-electron chi connectivity index (χ3n) is 5.27. The lowest BCUT2D eigenvalue weighted by Crippen LogP contribution is -2.47. The number of carbonyl (C=O) groups is 3. The molecule has 7 nitrogen and oxygen atoms in total. The molecule has 2 bridgehead atoms. The molecular weight excluding hydrogens is 324 g/mol. The van der Waals surface area contributed by atoms with Gasteiger partial charge in [-0.25, -0.2) is 9.59 Å². The zero-order valence-electron chi connectivity index (χ0n) is 15.1. The number of fused-ring (bicyclic) bond motifs is 1. The van der Waals surface area contributed by atoms with Crippen LogP contribution in [0.15, 0.2) is 11.3 Å². The first kappa shape index (κ1) is 17.8. The fourth-order valence-electron chi connectivity index (χ4n) is 3.99. The van der Waals surface area contributed by atoms with E-state index in [4.69, 9.17) is 4.74 Å². The van der Waals surface area contributed by atoms with E-state index in [1.165, 1.54) is 0 Å². The molecule has 0 aromatic carbocycles. The number of nitrogens with one attached hydrogen (secondary N) is 1. The summed E-state index contributed by atoms with van der Waals surface area (Å²) in [6.07, 6.45) is 3.65. The van der Waals surface area contributed by atoms with Gasteiger partial charge in [0.2, 0.25) is 5.91 Å². The van der Waals surface area contributed by atoms with E-state index in [1.54, 1.807) is 4.90 Å². The van der Waals surface area contributed by atoms with Crippen LogP contribution in [0, 0.1) is 5.41 Å². The van der Waals surface area contributed by atoms with Crippen LogP contribution in [0.2, 0.25) is 0 Å². The minimum atomic E-state index is -0.958. The summed E-state index contributed by atoms with van der Waals surface area (Å²) >= 11 is 0. The quantitative estimate of drug-likeness (QED) is 0.815. The van der Waals surface area contributed by atoms with Crippen LogP contribution in [0.5, 0.6) is 0 Å². The minimum absolute atomic E-state index is 0.0416. The number of hydrogen-bond acceptors (Lipinski definition) is 4. The molecule has 0 spiro atoms. The highest BCUT2D eigenvalue weighted by atomic mass is 16.6. The van der Waals surface area contributed by atoms with Gasteiger partial charge in [0.05, 0.1) is 11.0 Å². The zero-order chi connectivity index (χ0) is 18.4. The molecule has 0 aromatic rings. The number of nitrogens with zero attached hydrogens (tertiary/aromatic N) is 1. The third kappa shape index (κ3) is 3.37. The van der Waals surface area contributed by atoms with Gasteiger partial charge in [0.15, 0.2) is 0 Å². The summed E-state index contributed by atoms with van der Waals surface area (Å²) in [6, 6.07) is 0.0416. The zero-order valence-corrected chi connectivity index (χ0v) is 15.1. The predicted octanol–water partition coefficient (Wildman–Crippen LogP) is 2.41. The Hall–Kier alpha value is -2.05. The maximum Gasteiger partial charge on any atom is 0.410 e. The Labute approximate surface area is 147 Å². The van der Waals surface area contributed by atoms with Crippen molar-refractivity contribution in [3.05, 3.63) is 11.3 Å². The molecule has 3 fully saturated rings. The van der Waals surface area contributed by atoms with Crippen molar-refractivity contribution in [2.24, 2.45) is 5.41 Å². The average Bonchev–Trinajstić information content (AvgIpc) is 3.02. The number of allylic oxidation sites excluding steroid dienone is 1. The maximum atomic E-state index is 12.8. The summed E-state index contributed by atoms with van der Waals surface area (Å²) in [6.45, 7) is 5.79. The second-order valence-corrected chi connectivity index (χ2v) is 8.37. The standard InChI is InChI=1S/C18H26N2O5/c1-17(2,3)25-16(24)20-10-18(8-11(20)9-18)15(23)19-13-7-5-4-6-12(13)14(21)22/h11H,4-10H2,1-3H3,(H,19,23)(H,21,22). The van der Waals surface area contributed by atoms with Crippen molar-refractivity contribution >= 4 is 18.0 Å². The fraction of sp³-hybridized carbons (Fsp3) is 0.722. The molecule has 0 radical (unpaired) electrons. The van der Waals surface area contributed by atoms with Crippen molar-refractivity contribution in [3.8, 4) is 0 Å². The molecule has 0 aromatic heterocycles. The van der Waals surface area contributed by atoms with Crippen LogP contribution in [0.4, 0.5) is 4.79 Å². The van der Waals surface area contributed by atoms with Crippen LogP contribution < -0.4 is 5.32 Å². The molecule has 4 rings (SSSR count). The normalized spacial score (nSPS) is 28.4. The molecule has 0 atom stereocenters. The topological polar surface area (TPSA) is 95.9 Å². The SMILES string of the molecule is CC(C)(C)OC(=O)N1CC2(C(=O)NC3=C(C(=O)O)CCCC3)CC1C2. The van der Waals surface area contributed by atoms with E-state index < -0.39 is 17.0 Å². The molecule has 2 amide bonds. The van der Waals surface area contributed by atoms with Gasteiger partial charge in [-0.05, 0) is 59.3 Å². The van der Waals surface area contributed by atoms with Crippen molar-refractivity contribution in [2.45, 2.75) is 70.9 Å². The van der Waals surface area contributed by atoms with Crippen LogP contribution in [0.1, 0.15) is 59.3 Å². The Morgan fingerprint density at radius 3 is 2.44 bits per heavy atom. The number of ether oxygens (including phenoxy) is 1. The van der Waals surface area contributed by atoms with Crippen LogP contribution in [-0.4, -0.2) is 46.2 Å². The van der Waals surface area contributed by atoms with E-state index in [-0.39, 0.29) is 18.0 Å². The summed E-state index contributed by atoms with van der Waals surface area (Å²) < 4.78 is 5.41. The average molecular weight is 350 g/mol. The van der Waals surface area contributed by atoms with Gasteiger partial charge in [0.1, 0.15) is 5.60 Å². The highest BCUT2D eigenvalue weighted by Gasteiger charge is 2.61. The number of rotatable bonds is 3. The van der Waals surface area contributed by atoms with Crippen molar-refractivity contribution in [1.82, 2.24) is 10.2 Å². The maximum absolute atomic E-state index is 12.8. The van der Waals surface area contributed by atoms with E-state index in [0.29, 0.717) is 43.5 Å². The summed E-state index contributed by atoms with van der Waals surface area (Å²) in [5, 5.41) is 12.2. The number of carbonyl (C=O) groups excluding carboxylic acids is 2. The second-order valence-electron chi connectivity index (χ2n) is 8.37. The smallest absolute Gasteiger partial charge is 0.410 e. The van der Waals surface area contributed by atoms with Gasteiger partial charge in [-0.2, -0.15) is 0 Å². The van der Waals surface area contributed by atoms with E-state index in [2.05, 4.69) is 5.32 Å². The molecule has 0 unspecified atom stereocenters. The Balaban J connectivity index is 1.67. The Bertz CT molecular complexity index is 640. The predicted molar refractivity (Wildman–Crippen MR) is 89.7 cm³/mol. The Kier molecular flexibility index (Phi) is 4.29.